The van der Waals surface area contributed by atoms with Crippen molar-refractivity contribution in [1.29, 1.82) is 0 Å². The zero-order chi connectivity index (χ0) is 22.0. The van der Waals surface area contributed by atoms with Gasteiger partial charge in [-0.15, -0.1) is 10.2 Å². The van der Waals surface area contributed by atoms with Crippen LogP contribution in [-0.2, 0) is 13.0 Å². The summed E-state index contributed by atoms with van der Waals surface area (Å²) in [6.45, 7) is 9.43. The molecule has 2 aromatic rings. The second-order valence-electron chi connectivity index (χ2n) is 8.62. The SMILES string of the molecule is CCc1nncn1CCN=C(NC1CCCC1)N1CCN(CCOc2ccccc2)CC1. The minimum absolute atomic E-state index is 0.562. The Kier molecular flexibility index (Phi) is 8.36. The van der Waals surface area contributed by atoms with Gasteiger partial charge in [-0.05, 0) is 25.0 Å². The maximum Gasteiger partial charge on any atom is 0.194 e. The Morgan fingerprint density at radius 2 is 1.88 bits per heavy atom. The number of piperazine rings is 1. The van der Waals surface area contributed by atoms with Crippen LogP contribution < -0.4 is 10.1 Å². The van der Waals surface area contributed by atoms with Gasteiger partial charge in [0.2, 0.25) is 0 Å². The molecule has 1 aliphatic heterocycles. The molecule has 8 heteroatoms. The molecule has 8 nitrogen and oxygen atoms in total. The number of rotatable bonds is 9. The number of ether oxygens (including phenoxy) is 1. The Morgan fingerprint density at radius 3 is 2.62 bits per heavy atom. The first kappa shape index (κ1) is 22.6. The van der Waals surface area contributed by atoms with Gasteiger partial charge in [-0.1, -0.05) is 38.0 Å². The number of benzene rings is 1. The van der Waals surface area contributed by atoms with Crippen LogP contribution in [0.2, 0.25) is 0 Å². The van der Waals surface area contributed by atoms with Crippen LogP contribution in [0.1, 0.15) is 38.4 Å². The van der Waals surface area contributed by atoms with Crippen molar-refractivity contribution in [2.24, 2.45) is 4.99 Å². The Balaban J connectivity index is 1.27. The molecule has 0 spiro atoms. The molecule has 1 aromatic heterocycles. The quantitative estimate of drug-likeness (QED) is 0.478. The average molecular weight is 440 g/mol. The predicted molar refractivity (Wildman–Crippen MR) is 127 cm³/mol. The normalized spacial score (nSPS) is 18.3. The van der Waals surface area contributed by atoms with Gasteiger partial charge in [0.05, 0.1) is 6.54 Å². The van der Waals surface area contributed by atoms with E-state index in [1.54, 1.807) is 0 Å². The monoisotopic (exact) mass is 439 g/mol. The minimum atomic E-state index is 0.562. The second kappa shape index (κ2) is 11.9. The first-order valence-corrected chi connectivity index (χ1v) is 12.1. The second-order valence-corrected chi connectivity index (χ2v) is 8.62. The summed E-state index contributed by atoms with van der Waals surface area (Å²) in [6.07, 6.45) is 7.85. The highest BCUT2D eigenvalue weighted by Crippen LogP contribution is 2.18. The molecule has 0 unspecified atom stereocenters. The number of aliphatic imine (C=N–C) groups is 1. The molecule has 0 radical (unpaired) electrons. The third-order valence-corrected chi connectivity index (χ3v) is 6.39. The molecule has 32 heavy (non-hydrogen) atoms. The van der Waals surface area contributed by atoms with E-state index in [9.17, 15) is 0 Å². The Hall–Kier alpha value is -2.61. The largest absolute Gasteiger partial charge is 0.492 e. The molecule has 1 aliphatic carbocycles. The van der Waals surface area contributed by atoms with Crippen molar-refractivity contribution in [3.05, 3.63) is 42.5 Å². The van der Waals surface area contributed by atoms with E-state index >= 15 is 0 Å². The summed E-state index contributed by atoms with van der Waals surface area (Å²) in [5.74, 6) is 3.04. The van der Waals surface area contributed by atoms with Gasteiger partial charge in [0.25, 0.3) is 0 Å². The van der Waals surface area contributed by atoms with E-state index in [1.807, 2.05) is 36.7 Å². The van der Waals surface area contributed by atoms with Gasteiger partial charge in [0.1, 0.15) is 24.5 Å². The number of guanidine groups is 1. The lowest BCUT2D eigenvalue weighted by molar-refractivity contribution is 0.151. The molecule has 1 saturated carbocycles. The number of para-hydroxylation sites is 1. The summed E-state index contributed by atoms with van der Waals surface area (Å²) >= 11 is 0. The fourth-order valence-corrected chi connectivity index (χ4v) is 4.49. The van der Waals surface area contributed by atoms with Crippen molar-refractivity contribution in [2.45, 2.75) is 51.6 Å². The molecule has 2 fully saturated rings. The number of nitrogens with one attached hydrogen (secondary N) is 1. The van der Waals surface area contributed by atoms with Gasteiger partial charge in [-0.25, -0.2) is 0 Å². The van der Waals surface area contributed by atoms with E-state index < -0.39 is 0 Å². The molecule has 0 bridgehead atoms. The predicted octanol–water partition coefficient (Wildman–Crippen LogP) is 2.43. The first-order chi connectivity index (χ1) is 15.8. The van der Waals surface area contributed by atoms with E-state index in [0.29, 0.717) is 6.04 Å². The summed E-state index contributed by atoms with van der Waals surface area (Å²) in [7, 11) is 0. The van der Waals surface area contributed by atoms with E-state index in [0.717, 1.165) is 76.4 Å². The zero-order valence-corrected chi connectivity index (χ0v) is 19.3. The van der Waals surface area contributed by atoms with Gasteiger partial charge < -0.3 is 19.5 Å². The summed E-state index contributed by atoms with van der Waals surface area (Å²) < 4.78 is 7.99. The van der Waals surface area contributed by atoms with Crippen LogP contribution in [-0.4, -0.2) is 82.4 Å². The van der Waals surface area contributed by atoms with Gasteiger partial charge >= 0.3 is 0 Å². The zero-order valence-electron chi connectivity index (χ0n) is 19.3. The van der Waals surface area contributed by atoms with Crippen LogP contribution in [0.5, 0.6) is 5.75 Å². The fraction of sp³-hybridized carbons (Fsp3) is 0.625. The molecule has 174 valence electrons. The molecule has 2 heterocycles. The number of nitrogens with zero attached hydrogens (tertiary/aromatic N) is 6. The third-order valence-electron chi connectivity index (χ3n) is 6.39. The molecule has 2 aliphatic rings. The molecular weight excluding hydrogens is 402 g/mol. The number of aryl methyl sites for hydroxylation is 1. The van der Waals surface area contributed by atoms with E-state index in [2.05, 4.69) is 36.8 Å². The maximum atomic E-state index is 5.88. The average Bonchev–Trinajstić information content (AvgIpc) is 3.51. The Morgan fingerprint density at radius 1 is 1.09 bits per heavy atom. The maximum absolute atomic E-state index is 5.88. The van der Waals surface area contributed by atoms with Crippen molar-refractivity contribution in [1.82, 2.24) is 29.9 Å². The van der Waals surface area contributed by atoms with Gasteiger partial charge in [-0.3, -0.25) is 9.89 Å². The summed E-state index contributed by atoms with van der Waals surface area (Å²) in [5, 5.41) is 12.0. The molecular formula is C24H37N7O. The van der Waals surface area contributed by atoms with E-state index in [4.69, 9.17) is 9.73 Å². The summed E-state index contributed by atoms with van der Waals surface area (Å²) in [5.41, 5.74) is 0. The van der Waals surface area contributed by atoms with Crippen LogP contribution >= 0.6 is 0 Å². The van der Waals surface area contributed by atoms with Crippen LogP contribution in [0, 0.1) is 0 Å². The first-order valence-electron chi connectivity index (χ1n) is 12.1. The van der Waals surface area contributed by atoms with Gasteiger partial charge in [0.15, 0.2) is 5.96 Å². The molecule has 0 atom stereocenters. The lowest BCUT2D eigenvalue weighted by Crippen LogP contribution is -2.54. The van der Waals surface area contributed by atoms with E-state index in [-0.39, 0.29) is 0 Å². The summed E-state index contributed by atoms with van der Waals surface area (Å²) in [6, 6.07) is 10.6. The smallest absolute Gasteiger partial charge is 0.194 e. The molecule has 1 N–H and O–H groups in total. The lowest BCUT2D eigenvalue weighted by Gasteiger charge is -2.37. The number of hydrogen-bond donors (Lipinski definition) is 1. The van der Waals surface area contributed by atoms with Crippen LogP contribution in [0.4, 0.5) is 0 Å². The summed E-state index contributed by atoms with van der Waals surface area (Å²) in [4.78, 5) is 9.91. The van der Waals surface area contributed by atoms with Crippen LogP contribution in [0.25, 0.3) is 0 Å². The van der Waals surface area contributed by atoms with Crippen LogP contribution in [0.3, 0.4) is 0 Å². The fourth-order valence-electron chi connectivity index (χ4n) is 4.49. The third kappa shape index (κ3) is 6.45. The van der Waals surface area contributed by atoms with Crippen molar-refractivity contribution in [2.75, 3.05) is 45.9 Å². The Bertz CT molecular complexity index is 824. The molecule has 4 rings (SSSR count). The number of hydrogen-bond acceptors (Lipinski definition) is 5. The van der Waals surface area contributed by atoms with Gasteiger partial charge in [0, 0.05) is 51.7 Å². The molecule has 0 amide bonds. The van der Waals surface area contributed by atoms with Crippen molar-refractivity contribution >= 4 is 5.96 Å². The van der Waals surface area contributed by atoms with E-state index in [1.165, 1.54) is 25.7 Å². The minimum Gasteiger partial charge on any atom is -0.492 e. The standard InChI is InChI=1S/C24H37N7O/c1-2-23-28-26-20-31(23)13-12-25-24(27-21-8-6-7-9-21)30-16-14-29(15-17-30)18-19-32-22-10-4-3-5-11-22/h3-5,10-11,20-21H,2,6-9,12-19H2,1H3,(H,25,27). The molecule has 1 aromatic carbocycles. The highest BCUT2D eigenvalue weighted by molar-refractivity contribution is 5.80. The van der Waals surface area contributed by atoms with Crippen molar-refractivity contribution in [3.8, 4) is 5.75 Å². The lowest BCUT2D eigenvalue weighted by atomic mass is 10.2. The van der Waals surface area contributed by atoms with Crippen LogP contribution in [0.15, 0.2) is 41.7 Å². The topological polar surface area (TPSA) is 70.8 Å². The van der Waals surface area contributed by atoms with Gasteiger partial charge in [-0.2, -0.15) is 0 Å². The molecule has 1 saturated heterocycles. The highest BCUT2D eigenvalue weighted by atomic mass is 16.5. The number of aromatic nitrogens is 3. The van der Waals surface area contributed by atoms with Crippen molar-refractivity contribution < 1.29 is 4.74 Å². The highest BCUT2D eigenvalue weighted by Gasteiger charge is 2.23. The Labute approximate surface area is 191 Å². The van der Waals surface area contributed by atoms with Crippen molar-refractivity contribution in [3.63, 3.8) is 0 Å².